The van der Waals surface area contributed by atoms with Crippen LogP contribution < -0.4 is 9.47 Å². The summed E-state index contributed by atoms with van der Waals surface area (Å²) in [7, 11) is 0. The minimum atomic E-state index is -0.894. The molecule has 0 aliphatic carbocycles. The number of carboxylic acid groups (broad SMARTS) is 1. The Labute approximate surface area is 202 Å². The molecule has 0 saturated carbocycles. The summed E-state index contributed by atoms with van der Waals surface area (Å²) >= 11 is 0. The van der Waals surface area contributed by atoms with Crippen LogP contribution in [0.5, 0.6) is 11.5 Å². The summed E-state index contributed by atoms with van der Waals surface area (Å²) in [5.74, 6) is 0.346. The van der Waals surface area contributed by atoms with Gasteiger partial charge in [0.2, 0.25) is 0 Å². The third-order valence-electron chi connectivity index (χ3n) is 6.10. The van der Waals surface area contributed by atoms with E-state index < -0.39 is 5.97 Å². The Bertz CT molecular complexity index is 1570. The number of carbonyl (C=O) groups excluding carboxylic acids is 1. The molecule has 6 nitrogen and oxygen atoms in total. The molecule has 0 spiro atoms. The number of nitrogens with zero attached hydrogens (tertiary/aromatic N) is 1. The van der Waals surface area contributed by atoms with Gasteiger partial charge in [0.15, 0.2) is 5.78 Å². The first-order valence-electron chi connectivity index (χ1n) is 11.5. The maximum Gasteiger partial charge on any atom is 0.323 e. The molecule has 1 N–H and O–H groups in total. The molecule has 1 aromatic heterocycles. The predicted octanol–water partition coefficient (Wildman–Crippen LogP) is 6.08. The molecule has 0 atom stereocenters. The van der Waals surface area contributed by atoms with Crippen LogP contribution in [-0.2, 0) is 11.3 Å². The van der Waals surface area contributed by atoms with Crippen LogP contribution in [-0.4, -0.2) is 34.6 Å². The lowest BCUT2D eigenvalue weighted by Gasteiger charge is -2.13. The Balaban J connectivity index is 1.30. The molecule has 0 amide bonds. The molecule has 0 unspecified atom stereocenters. The minimum Gasteiger partial charge on any atom is -0.493 e. The van der Waals surface area contributed by atoms with E-state index in [0.717, 1.165) is 32.6 Å². The third-order valence-corrected chi connectivity index (χ3v) is 6.10. The Kier molecular flexibility index (Phi) is 6.10. The first-order valence-corrected chi connectivity index (χ1v) is 11.5. The smallest absolute Gasteiger partial charge is 0.323 e. The average molecular weight is 468 g/mol. The number of hydrogen-bond acceptors (Lipinski definition) is 4. The van der Waals surface area contributed by atoms with Crippen molar-refractivity contribution in [2.24, 2.45) is 0 Å². The van der Waals surface area contributed by atoms with Crippen LogP contribution in [0, 0.1) is 0 Å². The van der Waals surface area contributed by atoms with Crippen molar-refractivity contribution in [3.05, 3.63) is 84.4 Å². The summed E-state index contributed by atoms with van der Waals surface area (Å²) < 4.78 is 13.8. The van der Waals surface area contributed by atoms with Gasteiger partial charge in [-0.3, -0.25) is 9.59 Å². The molecule has 176 valence electrons. The number of benzene rings is 4. The SMILES string of the molecule is CC(=O)c1ccc2ccccc2c1OCCCOc1ccc2c3ccccc3n(CC(=O)O)c2c1. The molecular weight excluding hydrogens is 442 g/mol. The molecule has 5 rings (SSSR count). The molecule has 6 heteroatoms. The zero-order valence-electron chi connectivity index (χ0n) is 19.4. The van der Waals surface area contributed by atoms with Gasteiger partial charge >= 0.3 is 5.97 Å². The number of carbonyl (C=O) groups is 2. The van der Waals surface area contributed by atoms with Crippen molar-refractivity contribution >= 4 is 44.3 Å². The Morgan fingerprint density at radius 1 is 0.800 bits per heavy atom. The lowest BCUT2D eigenvalue weighted by molar-refractivity contribution is -0.137. The van der Waals surface area contributed by atoms with Crippen LogP contribution in [0.1, 0.15) is 23.7 Å². The number of hydrogen-bond donors (Lipinski definition) is 1. The van der Waals surface area contributed by atoms with E-state index in [-0.39, 0.29) is 12.3 Å². The van der Waals surface area contributed by atoms with E-state index in [1.54, 1.807) is 11.5 Å². The zero-order valence-corrected chi connectivity index (χ0v) is 19.4. The normalized spacial score (nSPS) is 11.2. The fourth-order valence-corrected chi connectivity index (χ4v) is 4.52. The highest BCUT2D eigenvalue weighted by molar-refractivity contribution is 6.09. The Hall–Kier alpha value is -4.32. The number of fused-ring (bicyclic) bond motifs is 4. The zero-order chi connectivity index (χ0) is 24.4. The number of aromatic nitrogens is 1. The van der Waals surface area contributed by atoms with Gasteiger partial charge in [0.05, 0.1) is 24.3 Å². The van der Waals surface area contributed by atoms with E-state index >= 15 is 0 Å². The van der Waals surface area contributed by atoms with Crippen molar-refractivity contribution in [2.75, 3.05) is 13.2 Å². The van der Waals surface area contributed by atoms with Crippen LogP contribution in [0.15, 0.2) is 78.9 Å². The van der Waals surface area contributed by atoms with E-state index in [2.05, 4.69) is 0 Å². The van der Waals surface area contributed by atoms with E-state index in [4.69, 9.17) is 9.47 Å². The summed E-state index contributed by atoms with van der Waals surface area (Å²) in [6, 6.07) is 25.1. The van der Waals surface area contributed by atoms with Gasteiger partial charge in [0.1, 0.15) is 18.0 Å². The predicted molar refractivity (Wildman–Crippen MR) is 137 cm³/mol. The van der Waals surface area contributed by atoms with Crippen LogP contribution in [0.25, 0.3) is 32.6 Å². The Morgan fingerprint density at radius 2 is 1.51 bits per heavy atom. The molecule has 5 aromatic rings. The fraction of sp³-hybridized carbons (Fsp3) is 0.172. The number of ketones is 1. The van der Waals surface area contributed by atoms with E-state index in [0.29, 0.717) is 36.7 Å². The van der Waals surface area contributed by atoms with Crippen molar-refractivity contribution in [1.82, 2.24) is 4.57 Å². The fourth-order valence-electron chi connectivity index (χ4n) is 4.52. The number of rotatable bonds is 9. The second kappa shape index (κ2) is 9.50. The van der Waals surface area contributed by atoms with E-state index in [1.807, 2.05) is 78.9 Å². The summed E-state index contributed by atoms with van der Waals surface area (Å²) in [5.41, 5.74) is 2.28. The standard InChI is InChI=1S/C29H25NO5/c1-19(31)22-13-11-20-7-2-3-8-23(20)29(22)35-16-6-15-34-21-12-14-25-24-9-4-5-10-26(24)30(18-28(32)33)27(25)17-21/h2-5,7-14,17H,6,15-16,18H2,1H3,(H,32,33). The molecule has 35 heavy (non-hydrogen) atoms. The molecule has 0 saturated heterocycles. The van der Waals surface area contributed by atoms with Gasteiger partial charge in [0, 0.05) is 34.2 Å². The molecule has 0 aliphatic rings. The number of Topliss-reactive ketones (excluding diaryl/α,β-unsaturated/α-hetero) is 1. The Morgan fingerprint density at radius 3 is 2.31 bits per heavy atom. The van der Waals surface area contributed by atoms with Crippen molar-refractivity contribution < 1.29 is 24.2 Å². The summed E-state index contributed by atoms with van der Waals surface area (Å²) in [6.07, 6.45) is 0.622. The number of aliphatic carboxylic acids is 1. The second-order valence-corrected chi connectivity index (χ2v) is 8.45. The number of carboxylic acids is 1. The highest BCUT2D eigenvalue weighted by Gasteiger charge is 2.14. The maximum absolute atomic E-state index is 12.1. The molecule has 0 fully saturated rings. The third kappa shape index (κ3) is 4.43. The number of para-hydroxylation sites is 1. The van der Waals surface area contributed by atoms with Crippen molar-refractivity contribution in [2.45, 2.75) is 19.9 Å². The lowest BCUT2D eigenvalue weighted by Crippen LogP contribution is -2.09. The van der Waals surface area contributed by atoms with Gasteiger partial charge in [-0.25, -0.2) is 0 Å². The topological polar surface area (TPSA) is 77.8 Å². The van der Waals surface area contributed by atoms with Gasteiger partial charge in [-0.15, -0.1) is 0 Å². The molecule has 0 aliphatic heterocycles. The van der Waals surface area contributed by atoms with Gasteiger partial charge in [-0.1, -0.05) is 48.5 Å². The first kappa shape index (κ1) is 22.5. The van der Waals surface area contributed by atoms with Crippen LogP contribution in [0.3, 0.4) is 0 Å². The lowest BCUT2D eigenvalue weighted by atomic mass is 10.0. The van der Waals surface area contributed by atoms with Gasteiger partial charge < -0.3 is 19.1 Å². The molecule has 1 heterocycles. The van der Waals surface area contributed by atoms with Crippen LogP contribution >= 0.6 is 0 Å². The second-order valence-electron chi connectivity index (χ2n) is 8.45. The monoisotopic (exact) mass is 467 g/mol. The van der Waals surface area contributed by atoms with E-state index in [9.17, 15) is 14.7 Å². The quantitative estimate of drug-likeness (QED) is 0.210. The number of ether oxygens (including phenoxy) is 2. The summed E-state index contributed by atoms with van der Waals surface area (Å²) in [6.45, 7) is 2.24. The van der Waals surface area contributed by atoms with Crippen molar-refractivity contribution in [3.8, 4) is 11.5 Å². The summed E-state index contributed by atoms with van der Waals surface area (Å²) in [5, 5.41) is 13.3. The van der Waals surface area contributed by atoms with Crippen LogP contribution in [0.2, 0.25) is 0 Å². The molecule has 0 radical (unpaired) electrons. The maximum atomic E-state index is 12.1. The summed E-state index contributed by atoms with van der Waals surface area (Å²) in [4.78, 5) is 23.6. The molecule has 4 aromatic carbocycles. The van der Waals surface area contributed by atoms with E-state index in [1.165, 1.54) is 0 Å². The van der Waals surface area contributed by atoms with Gasteiger partial charge in [-0.2, -0.15) is 0 Å². The van der Waals surface area contributed by atoms with Crippen molar-refractivity contribution in [3.63, 3.8) is 0 Å². The molecular formula is C29H25NO5. The first-order chi connectivity index (χ1) is 17.0. The van der Waals surface area contributed by atoms with Crippen LogP contribution in [0.4, 0.5) is 0 Å². The van der Waals surface area contributed by atoms with Gasteiger partial charge in [0.25, 0.3) is 0 Å². The average Bonchev–Trinajstić information content (AvgIpc) is 3.16. The van der Waals surface area contributed by atoms with Crippen molar-refractivity contribution in [1.29, 1.82) is 0 Å². The molecule has 0 bridgehead atoms. The largest absolute Gasteiger partial charge is 0.493 e. The van der Waals surface area contributed by atoms with Gasteiger partial charge in [-0.05, 0) is 36.6 Å². The minimum absolute atomic E-state index is 0.0351. The highest BCUT2D eigenvalue weighted by Crippen LogP contribution is 2.32. The highest BCUT2D eigenvalue weighted by atomic mass is 16.5.